The molecule has 0 N–H and O–H groups in total. The van der Waals surface area contributed by atoms with Crippen LogP contribution in [0.25, 0.3) is 22.6 Å². The van der Waals surface area contributed by atoms with Gasteiger partial charge in [0.25, 0.3) is 0 Å². The van der Waals surface area contributed by atoms with Crippen LogP contribution in [0.3, 0.4) is 0 Å². The number of pyridine rings is 1. The molecule has 0 aliphatic carbocycles. The fourth-order valence-corrected chi connectivity index (χ4v) is 3.93. The molecule has 30 heavy (non-hydrogen) atoms. The van der Waals surface area contributed by atoms with E-state index in [1.807, 2.05) is 35.3 Å². The maximum atomic E-state index is 13.5. The highest BCUT2D eigenvalue weighted by atomic mass is 19.1. The average Bonchev–Trinajstić information content (AvgIpc) is 3.45. The van der Waals surface area contributed by atoms with Crippen LogP contribution in [0.15, 0.2) is 65.6 Å². The number of piperidine rings is 1. The van der Waals surface area contributed by atoms with Crippen molar-refractivity contribution in [3.8, 4) is 22.6 Å². The van der Waals surface area contributed by atoms with Crippen LogP contribution in [0, 0.1) is 5.82 Å². The average molecular weight is 404 g/mol. The zero-order chi connectivity index (χ0) is 20.3. The van der Waals surface area contributed by atoms with Crippen molar-refractivity contribution in [1.82, 2.24) is 29.8 Å². The van der Waals surface area contributed by atoms with E-state index in [2.05, 4.69) is 25.1 Å². The summed E-state index contributed by atoms with van der Waals surface area (Å²) in [6.45, 7) is 2.46. The van der Waals surface area contributed by atoms with Crippen molar-refractivity contribution < 1.29 is 8.91 Å². The minimum atomic E-state index is -0.314. The predicted molar refractivity (Wildman–Crippen MR) is 109 cm³/mol. The van der Waals surface area contributed by atoms with Gasteiger partial charge in [0.2, 0.25) is 11.7 Å². The van der Waals surface area contributed by atoms with E-state index in [1.54, 1.807) is 18.3 Å². The number of rotatable bonds is 5. The summed E-state index contributed by atoms with van der Waals surface area (Å²) in [7, 11) is 0. The summed E-state index contributed by atoms with van der Waals surface area (Å²) in [6, 6.07) is 12.2. The molecule has 1 atom stereocenters. The number of benzene rings is 1. The molecule has 5 rings (SSSR count). The van der Waals surface area contributed by atoms with E-state index >= 15 is 0 Å². The lowest BCUT2D eigenvalue weighted by atomic mass is 9.98. The molecule has 0 radical (unpaired) electrons. The molecule has 1 saturated heterocycles. The first-order valence-electron chi connectivity index (χ1n) is 10.0. The molecule has 4 heterocycles. The fourth-order valence-electron chi connectivity index (χ4n) is 3.93. The van der Waals surface area contributed by atoms with Crippen LogP contribution >= 0.6 is 0 Å². The molecule has 3 aromatic heterocycles. The number of hydrogen-bond donors (Lipinski definition) is 0. The Morgan fingerprint density at radius 3 is 2.90 bits per heavy atom. The molecule has 0 amide bonds. The van der Waals surface area contributed by atoms with E-state index in [1.165, 1.54) is 12.1 Å². The minimum absolute atomic E-state index is 0.144. The van der Waals surface area contributed by atoms with E-state index in [0.717, 1.165) is 37.2 Å². The zero-order valence-electron chi connectivity index (χ0n) is 16.4. The minimum Gasteiger partial charge on any atom is -0.339 e. The Bertz CT molecular complexity index is 1130. The molecular formula is C22H21FN6O. The van der Waals surface area contributed by atoms with E-state index in [4.69, 9.17) is 4.52 Å². The molecule has 0 spiro atoms. The lowest BCUT2D eigenvalue weighted by Gasteiger charge is -2.31. The van der Waals surface area contributed by atoms with Crippen molar-refractivity contribution in [2.24, 2.45) is 0 Å². The van der Waals surface area contributed by atoms with E-state index in [-0.39, 0.29) is 11.7 Å². The smallest absolute Gasteiger partial charge is 0.231 e. The second kappa shape index (κ2) is 8.16. The van der Waals surface area contributed by atoms with Crippen LogP contribution in [0.4, 0.5) is 4.39 Å². The predicted octanol–water partition coefficient (Wildman–Crippen LogP) is 3.97. The highest BCUT2D eigenvalue weighted by molar-refractivity contribution is 5.57. The Balaban J connectivity index is 1.30. The summed E-state index contributed by atoms with van der Waals surface area (Å²) in [5.41, 5.74) is 2.70. The van der Waals surface area contributed by atoms with Gasteiger partial charge in [-0.2, -0.15) is 10.1 Å². The van der Waals surface area contributed by atoms with Gasteiger partial charge in [-0.3, -0.25) is 14.6 Å². The normalized spacial score (nSPS) is 17.3. The molecule has 152 valence electrons. The zero-order valence-corrected chi connectivity index (χ0v) is 16.4. The maximum absolute atomic E-state index is 13.5. The highest BCUT2D eigenvalue weighted by Gasteiger charge is 2.27. The van der Waals surface area contributed by atoms with Crippen LogP contribution in [0.2, 0.25) is 0 Å². The molecule has 1 unspecified atom stereocenters. The number of hydrogen-bond acceptors (Lipinski definition) is 6. The Labute approximate surface area is 173 Å². The molecule has 1 aliphatic heterocycles. The Kier molecular flexibility index (Phi) is 5.06. The Hall–Kier alpha value is -3.39. The van der Waals surface area contributed by atoms with Gasteiger partial charge in [0.15, 0.2) is 0 Å². The Morgan fingerprint density at radius 2 is 2.03 bits per heavy atom. The quantitative estimate of drug-likeness (QED) is 0.501. The van der Waals surface area contributed by atoms with Gasteiger partial charge in [0.1, 0.15) is 5.82 Å². The van der Waals surface area contributed by atoms with E-state index < -0.39 is 0 Å². The van der Waals surface area contributed by atoms with Crippen molar-refractivity contribution in [2.45, 2.75) is 25.4 Å². The third-order valence-electron chi connectivity index (χ3n) is 5.39. The van der Waals surface area contributed by atoms with Gasteiger partial charge in [-0.25, -0.2) is 4.39 Å². The summed E-state index contributed by atoms with van der Waals surface area (Å²) in [4.78, 5) is 11.1. The van der Waals surface area contributed by atoms with Crippen LogP contribution in [-0.2, 0) is 6.67 Å². The van der Waals surface area contributed by atoms with Crippen LogP contribution in [0.5, 0.6) is 0 Å². The first-order chi connectivity index (χ1) is 14.8. The lowest BCUT2D eigenvalue weighted by Crippen LogP contribution is -2.36. The Morgan fingerprint density at radius 1 is 1.10 bits per heavy atom. The van der Waals surface area contributed by atoms with Gasteiger partial charge >= 0.3 is 0 Å². The summed E-state index contributed by atoms with van der Waals surface area (Å²) in [5, 5.41) is 8.56. The monoisotopic (exact) mass is 404 g/mol. The van der Waals surface area contributed by atoms with Gasteiger partial charge in [-0.15, -0.1) is 0 Å². The van der Waals surface area contributed by atoms with Gasteiger partial charge in [0.05, 0.1) is 18.3 Å². The van der Waals surface area contributed by atoms with Crippen molar-refractivity contribution in [3.05, 3.63) is 72.8 Å². The first kappa shape index (κ1) is 18.6. The summed E-state index contributed by atoms with van der Waals surface area (Å²) >= 11 is 0. The van der Waals surface area contributed by atoms with Gasteiger partial charge in [0, 0.05) is 36.3 Å². The lowest BCUT2D eigenvalue weighted by molar-refractivity contribution is 0.145. The van der Waals surface area contributed by atoms with Crippen LogP contribution in [0.1, 0.15) is 24.7 Å². The molecule has 4 aromatic rings. The molecular weight excluding hydrogens is 383 g/mol. The summed E-state index contributed by atoms with van der Waals surface area (Å²) in [6.07, 6.45) is 7.44. The van der Waals surface area contributed by atoms with Crippen molar-refractivity contribution >= 4 is 0 Å². The van der Waals surface area contributed by atoms with Gasteiger partial charge in [-0.1, -0.05) is 17.3 Å². The molecule has 1 fully saturated rings. The highest BCUT2D eigenvalue weighted by Crippen LogP contribution is 2.28. The SMILES string of the molecule is Fc1cccc(-c2noc(C3CCCN(Cn4nccc4-c4cccnc4)C3)n2)c1. The standard InChI is InChI=1S/C22H21FN6O/c23-19-7-1-4-16(12-19)21-26-22(30-27-21)18-6-3-11-28(14-18)15-29-20(8-10-25-29)17-5-2-9-24-13-17/h1-2,4-5,7-10,12-13,18H,3,6,11,14-15H2. The fraction of sp³-hybridized carbons (Fsp3) is 0.273. The van der Waals surface area contributed by atoms with Gasteiger partial charge in [-0.05, 0) is 49.7 Å². The topological polar surface area (TPSA) is 72.9 Å². The van der Waals surface area contributed by atoms with Crippen molar-refractivity contribution in [2.75, 3.05) is 13.1 Å². The second-order valence-corrected chi connectivity index (χ2v) is 7.48. The number of aromatic nitrogens is 5. The summed E-state index contributed by atoms with van der Waals surface area (Å²) in [5.74, 6) is 0.858. The van der Waals surface area contributed by atoms with Crippen molar-refractivity contribution in [3.63, 3.8) is 0 Å². The second-order valence-electron chi connectivity index (χ2n) is 7.48. The number of likely N-dealkylation sites (tertiary alicyclic amines) is 1. The van der Waals surface area contributed by atoms with E-state index in [0.29, 0.717) is 23.9 Å². The summed E-state index contributed by atoms with van der Waals surface area (Å²) < 4.78 is 21.0. The van der Waals surface area contributed by atoms with Crippen molar-refractivity contribution in [1.29, 1.82) is 0 Å². The molecule has 0 bridgehead atoms. The van der Waals surface area contributed by atoms with E-state index in [9.17, 15) is 4.39 Å². The molecule has 1 aromatic carbocycles. The number of nitrogens with zero attached hydrogens (tertiary/aromatic N) is 6. The van der Waals surface area contributed by atoms with Crippen LogP contribution < -0.4 is 0 Å². The molecule has 8 heteroatoms. The molecule has 0 saturated carbocycles. The number of halogens is 1. The third kappa shape index (κ3) is 3.86. The van der Waals surface area contributed by atoms with Gasteiger partial charge < -0.3 is 4.52 Å². The third-order valence-corrected chi connectivity index (χ3v) is 5.39. The van der Waals surface area contributed by atoms with Crippen LogP contribution in [-0.4, -0.2) is 42.9 Å². The maximum Gasteiger partial charge on any atom is 0.231 e. The first-order valence-corrected chi connectivity index (χ1v) is 10.0. The molecule has 7 nitrogen and oxygen atoms in total. The molecule has 1 aliphatic rings. The largest absolute Gasteiger partial charge is 0.339 e.